The zero-order valence-electron chi connectivity index (χ0n) is 21.6. The van der Waals surface area contributed by atoms with Crippen LogP contribution in [0.1, 0.15) is 48.3 Å². The number of hydrogen-bond donors (Lipinski definition) is 0. The lowest BCUT2D eigenvalue weighted by atomic mass is 10.1. The zero-order valence-corrected chi connectivity index (χ0v) is 21.6. The lowest BCUT2D eigenvalue weighted by Crippen LogP contribution is -2.34. The van der Waals surface area contributed by atoms with Crippen LogP contribution in [0.25, 0.3) is 11.0 Å². The number of carbonyl (C=O) groups excluding carboxylic acids is 1. The number of hydrogen-bond acceptors (Lipinski definition) is 4. The van der Waals surface area contributed by atoms with E-state index in [1.165, 1.54) is 5.56 Å². The van der Waals surface area contributed by atoms with Gasteiger partial charge in [-0.3, -0.25) is 4.79 Å². The van der Waals surface area contributed by atoms with Gasteiger partial charge in [-0.05, 0) is 72.4 Å². The number of amides is 1. The average Bonchev–Trinajstić information content (AvgIpc) is 3.24. The van der Waals surface area contributed by atoms with Gasteiger partial charge in [0.15, 0.2) is 0 Å². The van der Waals surface area contributed by atoms with E-state index in [9.17, 15) is 4.79 Å². The molecule has 0 radical (unpaired) electrons. The smallest absolute Gasteiger partial charge is 0.227 e. The van der Waals surface area contributed by atoms with Crippen molar-refractivity contribution in [3.63, 3.8) is 0 Å². The van der Waals surface area contributed by atoms with Gasteiger partial charge in [0.2, 0.25) is 5.91 Å². The number of benzene rings is 3. The molecule has 1 heterocycles. The van der Waals surface area contributed by atoms with Gasteiger partial charge in [0.25, 0.3) is 0 Å². The minimum Gasteiger partial charge on any atom is -0.331 e. The Kier molecular flexibility index (Phi) is 8.01. The van der Waals surface area contributed by atoms with Gasteiger partial charge >= 0.3 is 0 Å². The number of carbonyl (C=O) groups is 1. The molecule has 37 heavy (non-hydrogen) atoms. The lowest BCUT2D eigenvalue weighted by molar-refractivity contribution is -0.118. The molecule has 0 aliphatic carbocycles. The summed E-state index contributed by atoms with van der Waals surface area (Å²) in [4.78, 5) is 20.1. The van der Waals surface area contributed by atoms with Crippen LogP contribution in [0, 0.1) is 28.6 Å². The summed E-state index contributed by atoms with van der Waals surface area (Å²) in [5, 5.41) is 18.0. The predicted octanol–water partition coefficient (Wildman–Crippen LogP) is 5.72. The summed E-state index contributed by atoms with van der Waals surface area (Å²) in [5.74, 6) is 1.38. The van der Waals surface area contributed by atoms with Crippen LogP contribution < -0.4 is 4.90 Å². The van der Waals surface area contributed by atoms with E-state index < -0.39 is 0 Å². The van der Waals surface area contributed by atoms with Crippen LogP contribution in [-0.2, 0) is 31.1 Å². The molecule has 4 aromatic rings. The van der Waals surface area contributed by atoms with Gasteiger partial charge in [-0.15, -0.1) is 0 Å². The number of anilines is 1. The molecule has 1 amide bonds. The van der Waals surface area contributed by atoms with Crippen molar-refractivity contribution in [3.8, 4) is 12.1 Å². The predicted molar refractivity (Wildman–Crippen MR) is 146 cm³/mol. The summed E-state index contributed by atoms with van der Waals surface area (Å²) in [6, 6.07) is 25.4. The second kappa shape index (κ2) is 11.5. The highest BCUT2D eigenvalue weighted by Gasteiger charge is 2.19. The Morgan fingerprint density at radius 1 is 0.892 bits per heavy atom. The highest BCUT2D eigenvalue weighted by atomic mass is 16.2. The summed E-state index contributed by atoms with van der Waals surface area (Å²) < 4.78 is 2.11. The Morgan fingerprint density at radius 2 is 1.49 bits per heavy atom. The third-order valence-corrected chi connectivity index (χ3v) is 6.55. The highest BCUT2D eigenvalue weighted by molar-refractivity contribution is 5.95. The van der Waals surface area contributed by atoms with Crippen LogP contribution in [-0.4, -0.2) is 22.0 Å². The van der Waals surface area contributed by atoms with E-state index in [1.807, 2.05) is 66.5 Å². The summed E-state index contributed by atoms with van der Waals surface area (Å²) in [5.41, 5.74) is 6.28. The Morgan fingerprint density at radius 3 is 2.05 bits per heavy atom. The second-order valence-electron chi connectivity index (χ2n) is 9.78. The molecule has 0 bridgehead atoms. The molecule has 0 atom stereocenters. The average molecular weight is 490 g/mol. The molecular weight excluding hydrogens is 458 g/mol. The molecule has 0 N–H and O–H groups in total. The van der Waals surface area contributed by atoms with Crippen molar-refractivity contribution in [2.75, 3.05) is 11.4 Å². The minimum atomic E-state index is 0.0781. The van der Waals surface area contributed by atoms with E-state index in [4.69, 9.17) is 15.5 Å². The molecule has 0 fully saturated rings. The fourth-order valence-corrected chi connectivity index (χ4v) is 4.48. The first kappa shape index (κ1) is 25.7. The first-order valence-electron chi connectivity index (χ1n) is 12.6. The van der Waals surface area contributed by atoms with Gasteiger partial charge in [-0.1, -0.05) is 38.1 Å². The fraction of sp³-hybridized carbons (Fsp3) is 0.290. The van der Waals surface area contributed by atoms with E-state index in [0.29, 0.717) is 36.4 Å². The van der Waals surface area contributed by atoms with Crippen molar-refractivity contribution < 1.29 is 4.79 Å². The van der Waals surface area contributed by atoms with Crippen LogP contribution in [0.3, 0.4) is 0 Å². The summed E-state index contributed by atoms with van der Waals surface area (Å²) in [6.07, 6.45) is 2.65. The molecule has 1 aromatic heterocycles. The number of aryl methyl sites for hydroxylation is 4. The molecule has 186 valence electrons. The monoisotopic (exact) mass is 489 g/mol. The molecule has 0 saturated heterocycles. The van der Waals surface area contributed by atoms with E-state index >= 15 is 0 Å². The van der Waals surface area contributed by atoms with E-state index in [-0.39, 0.29) is 5.91 Å². The van der Waals surface area contributed by atoms with Gasteiger partial charge in [0.1, 0.15) is 5.82 Å². The second-order valence-corrected chi connectivity index (χ2v) is 9.78. The molecule has 3 aromatic carbocycles. The van der Waals surface area contributed by atoms with Crippen molar-refractivity contribution in [1.82, 2.24) is 9.55 Å². The first-order chi connectivity index (χ1) is 17.9. The number of nitriles is 2. The van der Waals surface area contributed by atoms with Crippen molar-refractivity contribution in [1.29, 1.82) is 10.5 Å². The van der Waals surface area contributed by atoms with E-state index in [2.05, 4.69) is 30.6 Å². The molecule has 0 unspecified atom stereocenters. The number of aromatic nitrogens is 2. The van der Waals surface area contributed by atoms with Crippen LogP contribution in [0.4, 0.5) is 5.69 Å². The van der Waals surface area contributed by atoms with Crippen molar-refractivity contribution in [2.24, 2.45) is 13.0 Å². The van der Waals surface area contributed by atoms with Gasteiger partial charge in [-0.2, -0.15) is 10.5 Å². The Balaban J connectivity index is 1.50. The molecule has 0 saturated carbocycles. The molecule has 0 aliphatic heterocycles. The normalized spacial score (nSPS) is 10.9. The molecule has 0 spiro atoms. The maximum atomic E-state index is 13.3. The Bertz CT molecular complexity index is 1470. The highest BCUT2D eigenvalue weighted by Crippen LogP contribution is 2.25. The molecular formula is C31H31N5O. The summed E-state index contributed by atoms with van der Waals surface area (Å²) >= 11 is 0. The SMILES string of the molecule is CC(C)CN(C(=O)CCc1ccc(C#N)cc1)c1ccc2c(c1)nc(CCc1ccc(C#N)cc1)n2C. The minimum absolute atomic E-state index is 0.0781. The Hall–Kier alpha value is -4.42. The molecule has 4 rings (SSSR count). The maximum Gasteiger partial charge on any atom is 0.227 e. The van der Waals surface area contributed by atoms with Gasteiger partial charge in [0, 0.05) is 32.1 Å². The largest absolute Gasteiger partial charge is 0.331 e. The fourth-order valence-electron chi connectivity index (χ4n) is 4.48. The van der Waals surface area contributed by atoms with Crippen LogP contribution in [0.2, 0.25) is 0 Å². The first-order valence-corrected chi connectivity index (χ1v) is 12.6. The summed E-state index contributed by atoms with van der Waals surface area (Å²) in [6.45, 7) is 4.86. The van der Waals surface area contributed by atoms with Crippen LogP contribution in [0.15, 0.2) is 66.7 Å². The van der Waals surface area contributed by atoms with Gasteiger partial charge in [-0.25, -0.2) is 4.98 Å². The van der Waals surface area contributed by atoms with Crippen LogP contribution >= 0.6 is 0 Å². The molecule has 6 nitrogen and oxygen atoms in total. The standard InChI is InChI=1S/C31H31N5O/c1-22(2)21-36(31(37)17-13-24-6-10-26(20-33)11-7-24)27-14-15-29-28(18-27)34-30(35(29)3)16-12-23-4-8-25(19-32)9-5-23/h4-11,14-15,18,22H,12-13,16-17,21H2,1-3H3. The van der Waals surface area contributed by atoms with Gasteiger partial charge < -0.3 is 9.47 Å². The van der Waals surface area contributed by atoms with Gasteiger partial charge in [0.05, 0.1) is 34.3 Å². The van der Waals surface area contributed by atoms with Crippen molar-refractivity contribution in [2.45, 2.75) is 39.5 Å². The molecule has 6 heteroatoms. The number of fused-ring (bicyclic) bond motifs is 1. The Labute approximate surface area is 218 Å². The topological polar surface area (TPSA) is 85.7 Å². The third-order valence-electron chi connectivity index (χ3n) is 6.55. The lowest BCUT2D eigenvalue weighted by Gasteiger charge is -2.25. The van der Waals surface area contributed by atoms with E-state index in [0.717, 1.165) is 41.0 Å². The van der Waals surface area contributed by atoms with E-state index in [1.54, 1.807) is 12.1 Å². The summed E-state index contributed by atoms with van der Waals surface area (Å²) in [7, 11) is 2.03. The number of rotatable bonds is 9. The van der Waals surface area contributed by atoms with Crippen molar-refractivity contribution >= 4 is 22.6 Å². The maximum absolute atomic E-state index is 13.3. The quantitative estimate of drug-likeness (QED) is 0.301. The third kappa shape index (κ3) is 6.23. The van der Waals surface area contributed by atoms with Crippen molar-refractivity contribution in [3.05, 3.63) is 94.8 Å². The van der Waals surface area contributed by atoms with Crippen LogP contribution in [0.5, 0.6) is 0 Å². The number of nitrogens with zero attached hydrogens (tertiary/aromatic N) is 5. The zero-order chi connectivity index (χ0) is 26.4. The molecule has 0 aliphatic rings. The number of imidazole rings is 1.